The Morgan fingerprint density at radius 3 is 2.53 bits per heavy atom. The zero-order valence-corrected chi connectivity index (χ0v) is 12.5. The predicted molar refractivity (Wildman–Crippen MR) is 80.3 cm³/mol. The molecule has 2 aromatic rings. The number of nitrogens with zero attached hydrogens (tertiary/aromatic N) is 1. The summed E-state index contributed by atoms with van der Waals surface area (Å²) in [4.78, 5) is 0. The number of rotatable bonds is 5. The van der Waals surface area contributed by atoms with Gasteiger partial charge in [0.05, 0.1) is 12.3 Å². The second-order valence-corrected chi connectivity index (χ2v) is 4.63. The minimum absolute atomic E-state index is 0. The highest BCUT2D eigenvalue weighted by Crippen LogP contribution is 2.17. The van der Waals surface area contributed by atoms with Gasteiger partial charge in [-0.05, 0) is 50.8 Å². The molecule has 104 valence electrons. The molecule has 0 unspecified atom stereocenters. The molecule has 0 amide bonds. The standard InChI is InChI=1S/C15H20N2O.ClH/c1-11-7-4-5-9-15(11)18-10-6-8-14-12(2)16-17-13(14)3;/h4-5,7,9H,6,8,10H2,1-3H3,(H,16,17);1H. The Labute approximate surface area is 120 Å². The van der Waals surface area contributed by atoms with Gasteiger partial charge in [-0.3, -0.25) is 5.10 Å². The highest BCUT2D eigenvalue weighted by molar-refractivity contribution is 5.85. The lowest BCUT2D eigenvalue weighted by atomic mass is 10.1. The van der Waals surface area contributed by atoms with E-state index in [1.165, 1.54) is 16.8 Å². The third-order valence-electron chi connectivity index (χ3n) is 3.20. The van der Waals surface area contributed by atoms with Gasteiger partial charge in [0.25, 0.3) is 0 Å². The maximum Gasteiger partial charge on any atom is 0.122 e. The molecule has 3 nitrogen and oxygen atoms in total. The molecule has 0 saturated carbocycles. The first kappa shape index (κ1) is 15.6. The average molecular weight is 281 g/mol. The fourth-order valence-electron chi connectivity index (χ4n) is 2.09. The number of aryl methyl sites for hydroxylation is 3. The van der Waals surface area contributed by atoms with Crippen molar-refractivity contribution in [3.63, 3.8) is 0 Å². The Morgan fingerprint density at radius 1 is 1.16 bits per heavy atom. The van der Waals surface area contributed by atoms with Gasteiger partial charge in [0.15, 0.2) is 0 Å². The summed E-state index contributed by atoms with van der Waals surface area (Å²) in [6, 6.07) is 8.12. The van der Waals surface area contributed by atoms with Crippen molar-refractivity contribution >= 4 is 12.4 Å². The molecule has 0 atom stereocenters. The summed E-state index contributed by atoms with van der Waals surface area (Å²) in [5.41, 5.74) is 4.78. The van der Waals surface area contributed by atoms with Gasteiger partial charge in [0, 0.05) is 5.69 Å². The van der Waals surface area contributed by atoms with Crippen LogP contribution in [0.5, 0.6) is 5.75 Å². The van der Waals surface area contributed by atoms with Crippen molar-refractivity contribution < 1.29 is 4.74 Å². The SMILES string of the molecule is Cc1ccccc1OCCCc1c(C)n[nH]c1C.Cl. The largest absolute Gasteiger partial charge is 0.493 e. The molecule has 0 bridgehead atoms. The van der Waals surface area contributed by atoms with Crippen LogP contribution in [0.3, 0.4) is 0 Å². The summed E-state index contributed by atoms with van der Waals surface area (Å²) >= 11 is 0. The molecule has 0 aliphatic heterocycles. The van der Waals surface area contributed by atoms with E-state index in [-0.39, 0.29) is 12.4 Å². The number of para-hydroxylation sites is 1. The molecule has 0 fully saturated rings. The highest BCUT2D eigenvalue weighted by Gasteiger charge is 2.05. The van der Waals surface area contributed by atoms with Crippen molar-refractivity contribution in [1.29, 1.82) is 0 Å². The molecule has 1 N–H and O–H groups in total. The van der Waals surface area contributed by atoms with Crippen LogP contribution in [0.2, 0.25) is 0 Å². The van der Waals surface area contributed by atoms with Gasteiger partial charge in [-0.15, -0.1) is 12.4 Å². The van der Waals surface area contributed by atoms with E-state index in [1.807, 2.05) is 25.1 Å². The molecule has 4 heteroatoms. The number of benzene rings is 1. The Hall–Kier alpha value is -1.48. The number of H-pyrrole nitrogens is 1. The molecule has 1 aromatic carbocycles. The molecule has 19 heavy (non-hydrogen) atoms. The lowest BCUT2D eigenvalue weighted by Gasteiger charge is -2.08. The summed E-state index contributed by atoms with van der Waals surface area (Å²) in [7, 11) is 0. The van der Waals surface area contributed by atoms with Crippen LogP contribution in [0.4, 0.5) is 0 Å². The molecule has 0 radical (unpaired) electrons. The van der Waals surface area contributed by atoms with Crippen molar-refractivity contribution in [2.24, 2.45) is 0 Å². The molecule has 0 spiro atoms. The van der Waals surface area contributed by atoms with E-state index in [4.69, 9.17) is 4.74 Å². The third kappa shape index (κ3) is 4.00. The molecule has 0 aliphatic carbocycles. The Morgan fingerprint density at radius 2 is 1.89 bits per heavy atom. The quantitative estimate of drug-likeness (QED) is 0.847. The van der Waals surface area contributed by atoms with Crippen LogP contribution in [0.25, 0.3) is 0 Å². The first-order chi connectivity index (χ1) is 8.68. The fraction of sp³-hybridized carbons (Fsp3) is 0.400. The van der Waals surface area contributed by atoms with Gasteiger partial charge in [-0.1, -0.05) is 18.2 Å². The van der Waals surface area contributed by atoms with Crippen LogP contribution in [-0.2, 0) is 6.42 Å². The first-order valence-electron chi connectivity index (χ1n) is 6.37. The van der Waals surface area contributed by atoms with Crippen molar-refractivity contribution in [1.82, 2.24) is 10.2 Å². The lowest BCUT2D eigenvalue weighted by molar-refractivity contribution is 0.309. The zero-order valence-electron chi connectivity index (χ0n) is 11.7. The minimum atomic E-state index is 0. The molecule has 2 rings (SSSR count). The van der Waals surface area contributed by atoms with Crippen LogP contribution in [0.15, 0.2) is 24.3 Å². The van der Waals surface area contributed by atoms with E-state index in [2.05, 4.69) is 30.1 Å². The van der Waals surface area contributed by atoms with E-state index < -0.39 is 0 Å². The Balaban J connectivity index is 0.00000180. The van der Waals surface area contributed by atoms with Gasteiger partial charge in [0.1, 0.15) is 5.75 Å². The van der Waals surface area contributed by atoms with Gasteiger partial charge >= 0.3 is 0 Å². The second kappa shape index (κ2) is 7.19. The van der Waals surface area contributed by atoms with Crippen molar-refractivity contribution in [3.05, 3.63) is 46.8 Å². The summed E-state index contributed by atoms with van der Waals surface area (Å²) in [5.74, 6) is 0.984. The van der Waals surface area contributed by atoms with Crippen molar-refractivity contribution in [2.45, 2.75) is 33.6 Å². The number of nitrogens with one attached hydrogen (secondary N) is 1. The molecular formula is C15H21ClN2O. The van der Waals surface area contributed by atoms with Gasteiger partial charge < -0.3 is 4.74 Å². The van der Waals surface area contributed by atoms with Crippen LogP contribution in [0.1, 0.15) is 28.9 Å². The first-order valence-corrected chi connectivity index (χ1v) is 6.37. The van der Waals surface area contributed by atoms with Crippen LogP contribution in [-0.4, -0.2) is 16.8 Å². The number of hydrogen-bond donors (Lipinski definition) is 1. The lowest BCUT2D eigenvalue weighted by Crippen LogP contribution is -2.01. The van der Waals surface area contributed by atoms with E-state index in [0.717, 1.165) is 30.9 Å². The number of aromatic amines is 1. The summed E-state index contributed by atoms with van der Waals surface area (Å²) in [6.45, 7) is 6.92. The maximum atomic E-state index is 5.78. The van der Waals surface area contributed by atoms with Crippen LogP contribution >= 0.6 is 12.4 Å². The minimum Gasteiger partial charge on any atom is -0.493 e. The normalized spacial score (nSPS) is 10.1. The number of aromatic nitrogens is 2. The number of halogens is 1. The van der Waals surface area contributed by atoms with E-state index in [0.29, 0.717) is 0 Å². The van der Waals surface area contributed by atoms with Gasteiger partial charge in [0.2, 0.25) is 0 Å². The number of ether oxygens (including phenoxy) is 1. The monoisotopic (exact) mass is 280 g/mol. The average Bonchev–Trinajstić information content (AvgIpc) is 2.67. The van der Waals surface area contributed by atoms with Crippen LogP contribution < -0.4 is 4.74 Å². The smallest absolute Gasteiger partial charge is 0.122 e. The summed E-state index contributed by atoms with van der Waals surface area (Å²) in [6.07, 6.45) is 2.02. The highest BCUT2D eigenvalue weighted by atomic mass is 35.5. The van der Waals surface area contributed by atoms with E-state index in [1.54, 1.807) is 0 Å². The van der Waals surface area contributed by atoms with Crippen LogP contribution in [0, 0.1) is 20.8 Å². The van der Waals surface area contributed by atoms with Crippen molar-refractivity contribution in [3.8, 4) is 5.75 Å². The molecule has 0 saturated heterocycles. The molecular weight excluding hydrogens is 260 g/mol. The summed E-state index contributed by atoms with van der Waals surface area (Å²) < 4.78 is 5.78. The molecule has 0 aliphatic rings. The third-order valence-corrected chi connectivity index (χ3v) is 3.20. The predicted octanol–water partition coefficient (Wildman–Crippen LogP) is 3.77. The van der Waals surface area contributed by atoms with Gasteiger partial charge in [-0.2, -0.15) is 5.10 Å². The Kier molecular flexibility index (Phi) is 5.90. The van der Waals surface area contributed by atoms with E-state index >= 15 is 0 Å². The zero-order chi connectivity index (χ0) is 13.0. The van der Waals surface area contributed by atoms with Crippen molar-refractivity contribution in [2.75, 3.05) is 6.61 Å². The number of hydrogen-bond acceptors (Lipinski definition) is 2. The van der Waals surface area contributed by atoms with E-state index in [9.17, 15) is 0 Å². The molecule has 1 heterocycles. The molecule has 1 aromatic heterocycles. The fourth-order valence-corrected chi connectivity index (χ4v) is 2.09. The van der Waals surface area contributed by atoms with Gasteiger partial charge in [-0.25, -0.2) is 0 Å². The second-order valence-electron chi connectivity index (χ2n) is 4.63. The summed E-state index contributed by atoms with van der Waals surface area (Å²) in [5, 5.41) is 7.22. The topological polar surface area (TPSA) is 37.9 Å². The Bertz CT molecular complexity index is 503. The maximum absolute atomic E-state index is 5.78.